The van der Waals surface area contributed by atoms with Crippen molar-refractivity contribution in [2.24, 2.45) is 0 Å². The lowest BCUT2D eigenvalue weighted by atomic mass is 10.3. The zero-order chi connectivity index (χ0) is 12.1. The molecule has 88 valence electrons. The van der Waals surface area contributed by atoms with E-state index in [0.29, 0.717) is 13.1 Å². The van der Waals surface area contributed by atoms with Crippen LogP contribution in [-0.2, 0) is 6.54 Å². The van der Waals surface area contributed by atoms with Crippen LogP contribution in [0.15, 0.2) is 52.1 Å². The molecule has 0 aliphatic rings. The summed E-state index contributed by atoms with van der Waals surface area (Å²) in [5.41, 5.74) is 0.993. The fraction of sp³-hybridized carbons (Fsp3) is 0.167. The van der Waals surface area contributed by atoms with Crippen molar-refractivity contribution in [2.75, 3.05) is 11.9 Å². The van der Waals surface area contributed by atoms with E-state index in [1.54, 1.807) is 10.9 Å². The summed E-state index contributed by atoms with van der Waals surface area (Å²) in [5.74, 6) is 0. The average Bonchev–Trinajstić information content (AvgIpc) is 2.32. The quantitative estimate of drug-likeness (QED) is 0.939. The van der Waals surface area contributed by atoms with Crippen molar-refractivity contribution in [1.82, 2.24) is 9.55 Å². The van der Waals surface area contributed by atoms with Crippen LogP contribution in [0.1, 0.15) is 0 Å². The molecule has 0 fully saturated rings. The SMILES string of the molecule is O=c1ccncn1CCNc1cccc(Br)c1. The van der Waals surface area contributed by atoms with E-state index in [2.05, 4.69) is 26.2 Å². The molecule has 2 aromatic rings. The molecule has 0 aliphatic heterocycles. The maximum absolute atomic E-state index is 11.4. The molecule has 0 bridgehead atoms. The van der Waals surface area contributed by atoms with Gasteiger partial charge in [-0.1, -0.05) is 22.0 Å². The topological polar surface area (TPSA) is 46.9 Å². The van der Waals surface area contributed by atoms with Crippen LogP contribution in [0.4, 0.5) is 5.69 Å². The lowest BCUT2D eigenvalue weighted by Crippen LogP contribution is -2.22. The highest BCUT2D eigenvalue weighted by atomic mass is 79.9. The molecule has 2 rings (SSSR count). The Labute approximate surface area is 107 Å². The molecule has 1 heterocycles. The maximum atomic E-state index is 11.4. The van der Waals surface area contributed by atoms with Crippen LogP contribution in [0.2, 0.25) is 0 Å². The van der Waals surface area contributed by atoms with Crippen LogP contribution >= 0.6 is 15.9 Å². The van der Waals surface area contributed by atoms with Gasteiger partial charge in [-0.3, -0.25) is 9.36 Å². The van der Waals surface area contributed by atoms with Gasteiger partial charge in [-0.25, -0.2) is 4.98 Å². The highest BCUT2D eigenvalue weighted by Gasteiger charge is 1.95. The fourth-order valence-electron chi connectivity index (χ4n) is 1.47. The van der Waals surface area contributed by atoms with Crippen molar-refractivity contribution in [2.45, 2.75) is 6.54 Å². The zero-order valence-corrected chi connectivity index (χ0v) is 10.7. The van der Waals surface area contributed by atoms with Crippen molar-refractivity contribution in [3.63, 3.8) is 0 Å². The zero-order valence-electron chi connectivity index (χ0n) is 9.14. The second-order valence-electron chi connectivity index (χ2n) is 3.55. The van der Waals surface area contributed by atoms with Gasteiger partial charge in [0, 0.05) is 35.5 Å². The van der Waals surface area contributed by atoms with Crippen LogP contribution < -0.4 is 10.9 Å². The second kappa shape index (κ2) is 5.63. The van der Waals surface area contributed by atoms with Crippen LogP contribution in [0.5, 0.6) is 0 Å². The molecule has 1 aromatic heterocycles. The van der Waals surface area contributed by atoms with E-state index in [1.807, 2.05) is 24.3 Å². The Morgan fingerprint density at radius 3 is 3.00 bits per heavy atom. The molecule has 17 heavy (non-hydrogen) atoms. The number of hydrogen-bond acceptors (Lipinski definition) is 3. The molecule has 0 unspecified atom stereocenters. The Morgan fingerprint density at radius 1 is 1.35 bits per heavy atom. The van der Waals surface area contributed by atoms with Gasteiger partial charge in [0.2, 0.25) is 0 Å². The van der Waals surface area contributed by atoms with E-state index in [9.17, 15) is 4.79 Å². The Bertz CT molecular complexity index is 553. The number of rotatable bonds is 4. The molecule has 0 aliphatic carbocycles. The number of anilines is 1. The van der Waals surface area contributed by atoms with Crippen LogP contribution in [-0.4, -0.2) is 16.1 Å². The molecular weight excluding hydrogens is 282 g/mol. The van der Waals surface area contributed by atoms with Gasteiger partial charge >= 0.3 is 0 Å². The minimum Gasteiger partial charge on any atom is -0.383 e. The third-order valence-corrected chi connectivity index (χ3v) is 2.79. The first-order chi connectivity index (χ1) is 8.25. The van der Waals surface area contributed by atoms with Crippen molar-refractivity contribution in [3.8, 4) is 0 Å². The van der Waals surface area contributed by atoms with Gasteiger partial charge in [0.15, 0.2) is 0 Å². The smallest absolute Gasteiger partial charge is 0.253 e. The van der Waals surface area contributed by atoms with Gasteiger partial charge in [0.1, 0.15) is 0 Å². The summed E-state index contributed by atoms with van der Waals surface area (Å²) in [6.45, 7) is 1.28. The number of halogens is 1. The average molecular weight is 294 g/mol. The minimum atomic E-state index is -0.0314. The molecule has 0 saturated carbocycles. The third kappa shape index (κ3) is 3.42. The molecule has 0 radical (unpaired) electrons. The van der Waals surface area contributed by atoms with Crippen LogP contribution in [0.25, 0.3) is 0 Å². The standard InChI is InChI=1S/C12H12BrN3O/c13-10-2-1-3-11(8-10)15-6-7-16-9-14-5-4-12(16)17/h1-5,8-9,15H,6-7H2. The summed E-state index contributed by atoms with van der Waals surface area (Å²) >= 11 is 3.41. The molecule has 0 saturated heterocycles. The number of hydrogen-bond donors (Lipinski definition) is 1. The molecular formula is C12H12BrN3O. The highest BCUT2D eigenvalue weighted by Crippen LogP contribution is 2.15. The van der Waals surface area contributed by atoms with E-state index < -0.39 is 0 Å². The van der Waals surface area contributed by atoms with Crippen molar-refractivity contribution >= 4 is 21.6 Å². The Hall–Kier alpha value is -1.62. The molecule has 0 spiro atoms. The summed E-state index contributed by atoms with van der Waals surface area (Å²) in [5, 5.41) is 3.24. The van der Waals surface area contributed by atoms with E-state index in [0.717, 1.165) is 10.2 Å². The summed E-state index contributed by atoms with van der Waals surface area (Å²) in [4.78, 5) is 15.3. The Kier molecular flexibility index (Phi) is 3.93. The first-order valence-electron chi connectivity index (χ1n) is 5.25. The Morgan fingerprint density at radius 2 is 2.24 bits per heavy atom. The summed E-state index contributed by atoms with van der Waals surface area (Å²) in [6, 6.07) is 9.36. The van der Waals surface area contributed by atoms with Crippen LogP contribution in [0.3, 0.4) is 0 Å². The molecule has 5 heteroatoms. The number of nitrogens with one attached hydrogen (secondary N) is 1. The minimum absolute atomic E-state index is 0.0314. The van der Waals surface area contributed by atoms with Crippen LogP contribution in [0, 0.1) is 0 Å². The fourth-order valence-corrected chi connectivity index (χ4v) is 1.86. The predicted molar refractivity (Wildman–Crippen MR) is 71.1 cm³/mol. The van der Waals surface area contributed by atoms with Gasteiger partial charge < -0.3 is 5.32 Å². The normalized spacial score (nSPS) is 10.2. The van der Waals surface area contributed by atoms with Gasteiger partial charge in [-0.05, 0) is 18.2 Å². The Balaban J connectivity index is 1.92. The summed E-state index contributed by atoms with van der Waals surface area (Å²) in [6.07, 6.45) is 3.05. The first kappa shape index (κ1) is 11.9. The number of benzene rings is 1. The monoisotopic (exact) mass is 293 g/mol. The first-order valence-corrected chi connectivity index (χ1v) is 6.05. The third-order valence-electron chi connectivity index (χ3n) is 2.30. The van der Waals surface area contributed by atoms with Gasteiger partial charge in [-0.15, -0.1) is 0 Å². The largest absolute Gasteiger partial charge is 0.383 e. The van der Waals surface area contributed by atoms with Crippen molar-refractivity contribution < 1.29 is 0 Å². The van der Waals surface area contributed by atoms with E-state index in [1.165, 1.54) is 12.3 Å². The number of nitrogens with zero attached hydrogens (tertiary/aromatic N) is 2. The van der Waals surface area contributed by atoms with E-state index >= 15 is 0 Å². The molecule has 0 amide bonds. The number of aromatic nitrogens is 2. The lowest BCUT2D eigenvalue weighted by molar-refractivity contribution is 0.680. The molecule has 1 aromatic carbocycles. The van der Waals surface area contributed by atoms with Gasteiger partial charge in [0.25, 0.3) is 5.56 Å². The molecule has 1 N–H and O–H groups in total. The molecule has 4 nitrogen and oxygen atoms in total. The van der Waals surface area contributed by atoms with E-state index in [-0.39, 0.29) is 5.56 Å². The molecule has 0 atom stereocenters. The predicted octanol–water partition coefficient (Wildman–Crippen LogP) is 2.12. The van der Waals surface area contributed by atoms with Crippen molar-refractivity contribution in [1.29, 1.82) is 0 Å². The highest BCUT2D eigenvalue weighted by molar-refractivity contribution is 9.10. The van der Waals surface area contributed by atoms with Gasteiger partial charge in [0.05, 0.1) is 6.33 Å². The lowest BCUT2D eigenvalue weighted by Gasteiger charge is -2.07. The summed E-state index contributed by atoms with van der Waals surface area (Å²) in [7, 11) is 0. The maximum Gasteiger partial charge on any atom is 0.253 e. The van der Waals surface area contributed by atoms with Crippen molar-refractivity contribution in [3.05, 3.63) is 57.7 Å². The summed E-state index contributed by atoms with van der Waals surface area (Å²) < 4.78 is 2.60. The second-order valence-corrected chi connectivity index (χ2v) is 4.46. The van der Waals surface area contributed by atoms with E-state index in [4.69, 9.17) is 0 Å². The van der Waals surface area contributed by atoms with Gasteiger partial charge in [-0.2, -0.15) is 0 Å².